The fourth-order valence-corrected chi connectivity index (χ4v) is 2.96. The zero-order valence-electron chi connectivity index (χ0n) is 16.8. The molecule has 1 aliphatic carbocycles. The van der Waals surface area contributed by atoms with Gasteiger partial charge < -0.3 is 24.5 Å². The van der Waals surface area contributed by atoms with Crippen molar-refractivity contribution in [3.8, 4) is 0 Å². The molecule has 160 valence electrons. The number of rotatable bonds is 12. The van der Waals surface area contributed by atoms with E-state index in [1.807, 2.05) is 19.1 Å². The van der Waals surface area contributed by atoms with Gasteiger partial charge in [-0.1, -0.05) is 0 Å². The fraction of sp³-hybridized carbons (Fsp3) is 0.700. The van der Waals surface area contributed by atoms with Crippen molar-refractivity contribution in [2.45, 2.75) is 64.6 Å². The van der Waals surface area contributed by atoms with Gasteiger partial charge in [0.25, 0.3) is 0 Å². The molecule has 0 aliphatic heterocycles. The summed E-state index contributed by atoms with van der Waals surface area (Å²) in [6.07, 6.45) is 8.19. The lowest BCUT2D eigenvalue weighted by Crippen LogP contribution is -2.38. The number of guanidine groups is 1. The van der Waals surface area contributed by atoms with Crippen molar-refractivity contribution in [2.24, 2.45) is 4.99 Å². The molecule has 0 radical (unpaired) electrons. The Balaban J connectivity index is 0.00000392. The Labute approximate surface area is 185 Å². The van der Waals surface area contributed by atoms with Crippen LogP contribution < -0.4 is 10.6 Å². The lowest BCUT2D eigenvalue weighted by Gasteiger charge is -2.12. The molecular formula is C20H34IN3O4. The van der Waals surface area contributed by atoms with E-state index in [4.69, 9.17) is 13.9 Å². The van der Waals surface area contributed by atoms with Crippen LogP contribution >= 0.6 is 24.0 Å². The summed E-state index contributed by atoms with van der Waals surface area (Å²) in [4.78, 5) is 16.3. The highest BCUT2D eigenvalue weighted by Crippen LogP contribution is 2.21. The minimum Gasteiger partial charge on any atom is -0.467 e. The van der Waals surface area contributed by atoms with Crippen LogP contribution in [0.25, 0.3) is 0 Å². The monoisotopic (exact) mass is 507 g/mol. The number of carbonyl (C=O) groups is 1. The number of halogens is 1. The van der Waals surface area contributed by atoms with E-state index in [-0.39, 0.29) is 36.0 Å². The highest BCUT2D eigenvalue weighted by Gasteiger charge is 2.18. The molecule has 2 N–H and O–H groups in total. The van der Waals surface area contributed by atoms with Crippen molar-refractivity contribution >= 4 is 35.9 Å². The third-order valence-corrected chi connectivity index (χ3v) is 4.34. The second-order valence-corrected chi connectivity index (χ2v) is 6.67. The molecule has 0 bridgehead atoms. The normalized spacial score (nSPS) is 14.5. The minimum absolute atomic E-state index is 0. The van der Waals surface area contributed by atoms with Crippen LogP contribution in [0.3, 0.4) is 0 Å². The van der Waals surface area contributed by atoms with Gasteiger partial charge in [0, 0.05) is 32.7 Å². The van der Waals surface area contributed by atoms with Gasteiger partial charge in [-0.05, 0) is 57.6 Å². The molecule has 0 saturated heterocycles. The van der Waals surface area contributed by atoms with Crippen molar-refractivity contribution in [2.75, 3.05) is 26.2 Å². The van der Waals surface area contributed by atoms with E-state index in [0.29, 0.717) is 32.6 Å². The second kappa shape index (κ2) is 15.6. The quantitative estimate of drug-likeness (QED) is 0.148. The van der Waals surface area contributed by atoms with Crippen LogP contribution in [0.4, 0.5) is 0 Å². The van der Waals surface area contributed by atoms with Gasteiger partial charge in [0.15, 0.2) is 5.96 Å². The molecule has 0 atom stereocenters. The molecule has 1 aliphatic rings. The number of esters is 1. The summed E-state index contributed by atoms with van der Waals surface area (Å²) >= 11 is 0. The predicted octanol–water partition coefficient (Wildman–Crippen LogP) is 3.63. The maximum absolute atomic E-state index is 11.8. The third-order valence-electron chi connectivity index (χ3n) is 4.34. The molecular weight excluding hydrogens is 473 g/mol. The maximum atomic E-state index is 11.8. The molecule has 28 heavy (non-hydrogen) atoms. The van der Waals surface area contributed by atoms with E-state index < -0.39 is 0 Å². The number of ether oxygens (including phenoxy) is 2. The van der Waals surface area contributed by atoms with Gasteiger partial charge >= 0.3 is 5.97 Å². The van der Waals surface area contributed by atoms with Gasteiger partial charge in [0.2, 0.25) is 0 Å². The number of aliphatic imine (C=N–C) groups is 1. The average Bonchev–Trinajstić information content (AvgIpc) is 3.35. The number of hydrogen-bond donors (Lipinski definition) is 2. The first-order chi connectivity index (χ1) is 13.3. The molecule has 8 heteroatoms. The summed E-state index contributed by atoms with van der Waals surface area (Å²) in [5.74, 6) is 1.51. The average molecular weight is 507 g/mol. The first kappa shape index (κ1) is 24.7. The molecule has 1 saturated carbocycles. The Kier molecular flexibility index (Phi) is 13.8. The Morgan fingerprint density at radius 1 is 1.29 bits per heavy atom. The summed E-state index contributed by atoms with van der Waals surface area (Å²) in [5.41, 5.74) is 0. The molecule has 0 amide bonds. The molecule has 7 nitrogen and oxygen atoms in total. The van der Waals surface area contributed by atoms with Gasteiger partial charge in [-0.15, -0.1) is 24.0 Å². The number of hydrogen-bond acceptors (Lipinski definition) is 5. The third kappa shape index (κ3) is 10.9. The molecule has 0 aromatic carbocycles. The van der Waals surface area contributed by atoms with Crippen LogP contribution in [0.1, 0.15) is 57.6 Å². The van der Waals surface area contributed by atoms with Crippen molar-refractivity contribution in [1.82, 2.24) is 10.6 Å². The number of furan rings is 1. The smallest absolute Gasteiger partial charge is 0.306 e. The number of nitrogens with zero attached hydrogens (tertiary/aromatic N) is 1. The van der Waals surface area contributed by atoms with Gasteiger partial charge in [0.1, 0.15) is 18.5 Å². The van der Waals surface area contributed by atoms with Crippen LogP contribution in [0.15, 0.2) is 27.8 Å². The van der Waals surface area contributed by atoms with E-state index in [2.05, 4.69) is 15.6 Å². The SMILES string of the molecule is CCNC(=NCCCC(=O)OC1CCCC1)NCCCOCc1ccco1.I. The zero-order chi connectivity index (χ0) is 19.2. The maximum Gasteiger partial charge on any atom is 0.306 e. The Hall–Kier alpha value is -1.29. The van der Waals surface area contributed by atoms with Crippen LogP contribution in [-0.2, 0) is 20.9 Å². The van der Waals surface area contributed by atoms with Crippen molar-refractivity contribution in [3.05, 3.63) is 24.2 Å². The molecule has 1 heterocycles. The molecule has 0 unspecified atom stereocenters. The summed E-state index contributed by atoms with van der Waals surface area (Å²) in [6.45, 7) is 5.35. The Bertz CT molecular complexity index is 546. The highest BCUT2D eigenvalue weighted by molar-refractivity contribution is 14.0. The van der Waals surface area contributed by atoms with Gasteiger partial charge in [-0.3, -0.25) is 9.79 Å². The first-order valence-corrected chi connectivity index (χ1v) is 10.1. The van der Waals surface area contributed by atoms with Crippen molar-refractivity contribution in [3.63, 3.8) is 0 Å². The number of carbonyl (C=O) groups excluding carboxylic acids is 1. The topological polar surface area (TPSA) is 85.1 Å². The lowest BCUT2D eigenvalue weighted by atomic mass is 10.3. The molecule has 2 rings (SSSR count). The summed E-state index contributed by atoms with van der Waals surface area (Å²) in [7, 11) is 0. The fourth-order valence-electron chi connectivity index (χ4n) is 2.96. The zero-order valence-corrected chi connectivity index (χ0v) is 19.1. The molecule has 1 aromatic rings. The van der Waals surface area contributed by atoms with Crippen LogP contribution in [-0.4, -0.2) is 44.3 Å². The largest absolute Gasteiger partial charge is 0.467 e. The van der Waals surface area contributed by atoms with Crippen LogP contribution in [0, 0.1) is 0 Å². The first-order valence-electron chi connectivity index (χ1n) is 10.1. The van der Waals surface area contributed by atoms with Crippen LogP contribution in [0.5, 0.6) is 0 Å². The predicted molar refractivity (Wildman–Crippen MR) is 120 cm³/mol. The Morgan fingerprint density at radius 3 is 2.82 bits per heavy atom. The van der Waals surface area contributed by atoms with E-state index in [9.17, 15) is 4.79 Å². The van der Waals surface area contributed by atoms with E-state index in [1.165, 1.54) is 12.8 Å². The van der Waals surface area contributed by atoms with Gasteiger partial charge in [-0.25, -0.2) is 0 Å². The molecule has 1 fully saturated rings. The van der Waals surface area contributed by atoms with Crippen molar-refractivity contribution in [1.29, 1.82) is 0 Å². The molecule has 0 spiro atoms. The van der Waals surface area contributed by atoms with E-state index in [1.54, 1.807) is 6.26 Å². The minimum atomic E-state index is -0.0937. The summed E-state index contributed by atoms with van der Waals surface area (Å²) in [6, 6.07) is 3.76. The highest BCUT2D eigenvalue weighted by atomic mass is 127. The standard InChI is InChI=1S/C20H33N3O4.HI/c1-2-21-20(23-13-7-14-25-16-18-10-6-15-26-18)22-12-5-11-19(24)27-17-8-3-4-9-17;/h6,10,15,17H,2-5,7-9,11-14,16H2,1H3,(H2,21,22,23);1H. The second-order valence-electron chi connectivity index (χ2n) is 6.67. The van der Waals surface area contributed by atoms with Gasteiger partial charge in [-0.2, -0.15) is 0 Å². The summed E-state index contributed by atoms with van der Waals surface area (Å²) < 4.78 is 16.2. The molecule has 1 aromatic heterocycles. The summed E-state index contributed by atoms with van der Waals surface area (Å²) in [5, 5.41) is 6.49. The van der Waals surface area contributed by atoms with E-state index >= 15 is 0 Å². The lowest BCUT2D eigenvalue weighted by molar-refractivity contribution is -0.148. The van der Waals surface area contributed by atoms with Gasteiger partial charge in [0.05, 0.1) is 6.26 Å². The number of nitrogens with one attached hydrogen (secondary N) is 2. The van der Waals surface area contributed by atoms with E-state index in [0.717, 1.165) is 44.1 Å². The van der Waals surface area contributed by atoms with Crippen LogP contribution in [0.2, 0.25) is 0 Å². The van der Waals surface area contributed by atoms with Crippen molar-refractivity contribution < 1.29 is 18.7 Å². The Morgan fingerprint density at radius 2 is 2.11 bits per heavy atom.